The highest BCUT2D eigenvalue weighted by Gasteiger charge is 2.31. The number of carbonyl (C=O) groups is 1. The number of anilines is 1. The van der Waals surface area contributed by atoms with E-state index in [4.69, 9.17) is 4.74 Å². The first kappa shape index (κ1) is 18.0. The maximum atomic E-state index is 12.3. The second kappa shape index (κ2) is 7.02. The van der Waals surface area contributed by atoms with Gasteiger partial charge >= 0.3 is 11.8 Å². The fraction of sp³-hybridized carbons (Fsp3) is 0.625. The van der Waals surface area contributed by atoms with E-state index in [1.165, 1.54) is 12.3 Å². The molecule has 8 heteroatoms. The zero-order valence-corrected chi connectivity index (χ0v) is 14.6. The van der Waals surface area contributed by atoms with Gasteiger partial charge in [-0.25, -0.2) is 9.78 Å². The monoisotopic (exact) mass is 336 g/mol. The summed E-state index contributed by atoms with van der Waals surface area (Å²) in [7, 11) is 1.78. The van der Waals surface area contributed by atoms with Crippen molar-refractivity contribution in [3.05, 3.63) is 28.4 Å². The Morgan fingerprint density at radius 2 is 2.21 bits per heavy atom. The number of likely N-dealkylation sites (N-methyl/N-ethyl adjacent to an activating group) is 1. The average molecular weight is 336 g/mol. The number of rotatable bonds is 3. The first-order valence-corrected chi connectivity index (χ1v) is 7.99. The van der Waals surface area contributed by atoms with Gasteiger partial charge in [0, 0.05) is 38.4 Å². The number of aromatic nitrogens is 1. The van der Waals surface area contributed by atoms with Crippen LogP contribution >= 0.6 is 0 Å². The minimum Gasteiger partial charge on any atom is -0.444 e. The number of nitro groups is 1. The van der Waals surface area contributed by atoms with Crippen LogP contribution in [0.25, 0.3) is 0 Å². The molecule has 1 aliphatic rings. The molecule has 24 heavy (non-hydrogen) atoms. The van der Waals surface area contributed by atoms with Crippen LogP contribution in [0.15, 0.2) is 18.3 Å². The van der Waals surface area contributed by atoms with Crippen LogP contribution in [0.1, 0.15) is 33.6 Å². The van der Waals surface area contributed by atoms with Crippen LogP contribution in [0.5, 0.6) is 0 Å². The number of pyridine rings is 1. The van der Waals surface area contributed by atoms with Crippen molar-refractivity contribution in [2.75, 3.05) is 25.0 Å². The molecule has 1 fully saturated rings. The molecule has 1 atom stereocenters. The van der Waals surface area contributed by atoms with Gasteiger partial charge in [-0.1, -0.05) is 0 Å². The van der Waals surface area contributed by atoms with Crippen molar-refractivity contribution in [3.63, 3.8) is 0 Å². The first-order valence-electron chi connectivity index (χ1n) is 7.99. The third-order valence-electron chi connectivity index (χ3n) is 3.89. The summed E-state index contributed by atoms with van der Waals surface area (Å²) in [6, 6.07) is 2.94. The summed E-state index contributed by atoms with van der Waals surface area (Å²) in [6.07, 6.45) is 2.84. The van der Waals surface area contributed by atoms with Gasteiger partial charge in [-0.3, -0.25) is 10.1 Å². The number of hydrogen-bond acceptors (Lipinski definition) is 6. The molecule has 0 spiro atoms. The van der Waals surface area contributed by atoms with E-state index < -0.39 is 10.5 Å². The van der Waals surface area contributed by atoms with Crippen LogP contribution in [0.2, 0.25) is 0 Å². The molecule has 0 radical (unpaired) electrons. The van der Waals surface area contributed by atoms with Gasteiger partial charge in [0.1, 0.15) is 5.60 Å². The average Bonchev–Trinajstić information content (AvgIpc) is 2.52. The van der Waals surface area contributed by atoms with Crippen molar-refractivity contribution in [2.24, 2.45) is 0 Å². The van der Waals surface area contributed by atoms with E-state index in [2.05, 4.69) is 4.98 Å². The summed E-state index contributed by atoms with van der Waals surface area (Å²) in [6.45, 7) is 6.57. The molecule has 1 amide bonds. The lowest BCUT2D eigenvalue weighted by molar-refractivity contribution is -0.384. The van der Waals surface area contributed by atoms with Crippen molar-refractivity contribution >= 4 is 17.6 Å². The minimum absolute atomic E-state index is 0.0330. The number of ether oxygens (including phenoxy) is 1. The predicted molar refractivity (Wildman–Crippen MR) is 90.1 cm³/mol. The summed E-state index contributed by atoms with van der Waals surface area (Å²) in [5, 5.41) is 11.2. The quantitative estimate of drug-likeness (QED) is 0.623. The van der Waals surface area contributed by atoms with Crippen molar-refractivity contribution in [3.8, 4) is 0 Å². The van der Waals surface area contributed by atoms with Crippen LogP contribution in [-0.4, -0.2) is 52.7 Å². The van der Waals surface area contributed by atoms with E-state index in [0.29, 0.717) is 18.9 Å². The zero-order valence-electron chi connectivity index (χ0n) is 14.6. The summed E-state index contributed by atoms with van der Waals surface area (Å²) in [5.41, 5.74) is -0.579. The topological polar surface area (TPSA) is 88.8 Å². The molecule has 0 aliphatic carbocycles. The normalized spacial score (nSPS) is 18.2. The van der Waals surface area contributed by atoms with E-state index in [1.807, 2.05) is 20.8 Å². The molecule has 0 saturated carbocycles. The van der Waals surface area contributed by atoms with Gasteiger partial charge in [-0.05, 0) is 39.7 Å². The second-order valence-corrected chi connectivity index (χ2v) is 6.94. The first-order chi connectivity index (χ1) is 11.2. The Kier molecular flexibility index (Phi) is 5.26. The maximum Gasteiger partial charge on any atom is 0.410 e. The molecule has 132 valence electrons. The van der Waals surface area contributed by atoms with E-state index in [-0.39, 0.29) is 17.8 Å². The van der Waals surface area contributed by atoms with Crippen LogP contribution in [-0.2, 0) is 4.74 Å². The third-order valence-corrected chi connectivity index (χ3v) is 3.89. The summed E-state index contributed by atoms with van der Waals surface area (Å²) in [4.78, 5) is 30.6. The van der Waals surface area contributed by atoms with E-state index in [9.17, 15) is 14.9 Å². The molecule has 1 aromatic rings. The van der Waals surface area contributed by atoms with Crippen molar-refractivity contribution in [2.45, 2.75) is 45.3 Å². The zero-order chi connectivity index (χ0) is 17.9. The van der Waals surface area contributed by atoms with Crippen molar-refractivity contribution < 1.29 is 14.5 Å². The Morgan fingerprint density at radius 3 is 2.83 bits per heavy atom. The minimum atomic E-state index is -0.546. The summed E-state index contributed by atoms with van der Waals surface area (Å²) < 4.78 is 5.42. The SMILES string of the molecule is CN(c1ncccc1[N+](=O)[O-])[C@@H]1CCCN(C(=O)OC(C)(C)C)C1. The molecular formula is C16H24N4O4. The number of nitrogens with zero attached hydrogens (tertiary/aromatic N) is 4. The summed E-state index contributed by atoms with van der Waals surface area (Å²) >= 11 is 0. The molecule has 0 N–H and O–H groups in total. The Bertz CT molecular complexity index is 614. The number of amides is 1. The lowest BCUT2D eigenvalue weighted by Crippen LogP contribution is -2.50. The summed E-state index contributed by atoms with van der Waals surface area (Å²) in [5.74, 6) is 0.318. The molecule has 1 saturated heterocycles. The highest BCUT2D eigenvalue weighted by Crippen LogP contribution is 2.28. The molecule has 2 rings (SSSR count). The van der Waals surface area contributed by atoms with Gasteiger partial charge in [-0.2, -0.15) is 0 Å². The van der Waals surface area contributed by atoms with Gasteiger partial charge in [0.05, 0.1) is 4.92 Å². The van der Waals surface area contributed by atoms with Gasteiger partial charge in [0.2, 0.25) is 5.82 Å². The fourth-order valence-electron chi connectivity index (χ4n) is 2.74. The van der Waals surface area contributed by atoms with E-state index in [0.717, 1.165) is 12.8 Å². The number of piperidine rings is 1. The third kappa shape index (κ3) is 4.33. The molecule has 1 aromatic heterocycles. The number of likely N-dealkylation sites (tertiary alicyclic amines) is 1. The van der Waals surface area contributed by atoms with E-state index >= 15 is 0 Å². The molecule has 2 heterocycles. The standard InChI is InChI=1S/C16H24N4O4/c1-16(2,3)24-15(21)19-10-6-7-12(11-19)18(4)14-13(20(22)23)8-5-9-17-14/h5,8-9,12H,6-7,10-11H2,1-4H3/t12-/m1/s1. The van der Waals surface area contributed by atoms with Crippen LogP contribution in [0.3, 0.4) is 0 Å². The number of carbonyl (C=O) groups excluding carboxylic acids is 1. The van der Waals surface area contributed by atoms with Crippen molar-refractivity contribution in [1.82, 2.24) is 9.88 Å². The second-order valence-electron chi connectivity index (χ2n) is 6.94. The fourth-order valence-corrected chi connectivity index (χ4v) is 2.74. The van der Waals surface area contributed by atoms with Crippen molar-refractivity contribution in [1.29, 1.82) is 0 Å². The Hall–Kier alpha value is -2.38. The largest absolute Gasteiger partial charge is 0.444 e. The van der Waals surface area contributed by atoms with Gasteiger partial charge < -0.3 is 14.5 Å². The Labute approximate surface area is 141 Å². The molecular weight excluding hydrogens is 312 g/mol. The Morgan fingerprint density at radius 1 is 1.50 bits per heavy atom. The molecule has 0 aromatic carbocycles. The highest BCUT2D eigenvalue weighted by atomic mass is 16.6. The molecule has 0 bridgehead atoms. The van der Waals surface area contributed by atoms with Gasteiger partial charge in [0.15, 0.2) is 0 Å². The van der Waals surface area contributed by atoms with E-state index in [1.54, 1.807) is 22.9 Å². The smallest absolute Gasteiger partial charge is 0.410 e. The van der Waals surface area contributed by atoms with Crippen LogP contribution < -0.4 is 4.90 Å². The maximum absolute atomic E-state index is 12.3. The predicted octanol–water partition coefficient (Wildman–Crippen LogP) is 2.83. The molecule has 8 nitrogen and oxygen atoms in total. The lowest BCUT2D eigenvalue weighted by atomic mass is 10.0. The highest BCUT2D eigenvalue weighted by molar-refractivity contribution is 5.68. The Balaban J connectivity index is 2.12. The number of hydrogen-bond donors (Lipinski definition) is 0. The van der Waals surface area contributed by atoms with Gasteiger partial charge in [-0.15, -0.1) is 0 Å². The van der Waals surface area contributed by atoms with Crippen LogP contribution in [0, 0.1) is 10.1 Å². The van der Waals surface area contributed by atoms with Crippen LogP contribution in [0.4, 0.5) is 16.3 Å². The lowest BCUT2D eigenvalue weighted by Gasteiger charge is -2.38. The molecule has 0 unspecified atom stereocenters. The molecule has 1 aliphatic heterocycles. The van der Waals surface area contributed by atoms with Gasteiger partial charge in [0.25, 0.3) is 0 Å².